The van der Waals surface area contributed by atoms with Crippen LogP contribution in [-0.2, 0) is 6.42 Å². The van der Waals surface area contributed by atoms with Gasteiger partial charge in [-0.2, -0.15) is 0 Å². The van der Waals surface area contributed by atoms with E-state index in [4.69, 9.17) is 0 Å². The predicted octanol–water partition coefficient (Wildman–Crippen LogP) is 3.29. The van der Waals surface area contributed by atoms with Crippen LogP contribution < -0.4 is 5.32 Å². The third kappa shape index (κ3) is 4.45. The lowest BCUT2D eigenvalue weighted by Crippen LogP contribution is -2.29. The summed E-state index contributed by atoms with van der Waals surface area (Å²) in [5.74, 6) is 2.10. The number of rotatable bonds is 6. The van der Waals surface area contributed by atoms with Gasteiger partial charge < -0.3 is 10.3 Å². The third-order valence-electron chi connectivity index (χ3n) is 4.24. The Morgan fingerprint density at radius 2 is 2.28 bits per heavy atom. The summed E-state index contributed by atoms with van der Waals surface area (Å²) >= 11 is 0. The molecule has 1 aliphatic carbocycles. The summed E-state index contributed by atoms with van der Waals surface area (Å²) in [5.41, 5.74) is 0. The van der Waals surface area contributed by atoms with Gasteiger partial charge in [-0.1, -0.05) is 26.2 Å². The number of aromatic amines is 1. The Morgan fingerprint density at radius 3 is 3.06 bits per heavy atom. The van der Waals surface area contributed by atoms with Crippen LogP contribution in [0, 0.1) is 5.92 Å². The second-order valence-electron chi connectivity index (χ2n) is 5.57. The molecule has 0 radical (unpaired) electrons. The lowest BCUT2D eigenvalue weighted by Gasteiger charge is -2.16. The molecule has 2 N–H and O–H groups in total. The number of H-pyrrole nitrogens is 1. The first-order valence-corrected chi connectivity index (χ1v) is 7.60. The van der Waals surface area contributed by atoms with E-state index in [2.05, 4.69) is 22.2 Å². The number of hydrogen-bond donors (Lipinski definition) is 2. The Kier molecular flexibility index (Phi) is 5.72. The van der Waals surface area contributed by atoms with E-state index in [0.717, 1.165) is 30.7 Å². The second-order valence-corrected chi connectivity index (χ2v) is 5.57. The molecule has 3 nitrogen and oxygen atoms in total. The van der Waals surface area contributed by atoms with E-state index < -0.39 is 0 Å². The molecular formula is C15H27N3. The summed E-state index contributed by atoms with van der Waals surface area (Å²) in [6.07, 6.45) is 14.4. The molecule has 2 atom stereocenters. The molecule has 0 aromatic carbocycles. The second kappa shape index (κ2) is 7.57. The zero-order chi connectivity index (χ0) is 12.6. The topological polar surface area (TPSA) is 40.7 Å². The van der Waals surface area contributed by atoms with Gasteiger partial charge in [-0.25, -0.2) is 4.98 Å². The Labute approximate surface area is 111 Å². The summed E-state index contributed by atoms with van der Waals surface area (Å²) in [5, 5.41) is 3.73. The summed E-state index contributed by atoms with van der Waals surface area (Å²) in [4.78, 5) is 7.41. The van der Waals surface area contributed by atoms with Gasteiger partial charge in [0.2, 0.25) is 0 Å². The first kappa shape index (κ1) is 13.6. The molecule has 0 spiro atoms. The number of nitrogens with one attached hydrogen (secondary N) is 2. The molecule has 1 fully saturated rings. The minimum atomic E-state index is 0.762. The molecule has 1 aliphatic rings. The van der Waals surface area contributed by atoms with E-state index >= 15 is 0 Å². The van der Waals surface area contributed by atoms with Crippen molar-refractivity contribution in [3.8, 4) is 0 Å². The quantitative estimate of drug-likeness (QED) is 0.600. The Morgan fingerprint density at radius 1 is 1.33 bits per heavy atom. The molecule has 18 heavy (non-hydrogen) atoms. The number of aryl methyl sites for hydroxylation is 1. The van der Waals surface area contributed by atoms with E-state index in [1.807, 2.05) is 12.4 Å². The Bertz CT molecular complexity index is 308. The molecule has 0 bridgehead atoms. The first-order valence-electron chi connectivity index (χ1n) is 7.60. The van der Waals surface area contributed by atoms with Crippen molar-refractivity contribution in [2.75, 3.05) is 6.54 Å². The lowest BCUT2D eigenvalue weighted by molar-refractivity contribution is 0.424. The highest BCUT2D eigenvalue weighted by Gasteiger charge is 2.16. The molecule has 2 rings (SSSR count). The van der Waals surface area contributed by atoms with Gasteiger partial charge in [0.15, 0.2) is 0 Å². The zero-order valence-corrected chi connectivity index (χ0v) is 11.6. The van der Waals surface area contributed by atoms with Gasteiger partial charge in [0, 0.05) is 24.9 Å². The average molecular weight is 249 g/mol. The largest absolute Gasteiger partial charge is 0.349 e. The van der Waals surface area contributed by atoms with Gasteiger partial charge in [-0.05, 0) is 38.1 Å². The van der Waals surface area contributed by atoms with E-state index in [1.54, 1.807) is 0 Å². The Balaban J connectivity index is 1.58. The number of nitrogens with zero attached hydrogens (tertiary/aromatic N) is 1. The minimum Gasteiger partial charge on any atom is -0.349 e. The molecule has 0 aliphatic heterocycles. The van der Waals surface area contributed by atoms with Gasteiger partial charge in [-0.3, -0.25) is 0 Å². The SMILES string of the molecule is CCC1CCCC(NCCCc2ncc[nH]2)CC1. The van der Waals surface area contributed by atoms with Crippen LogP contribution >= 0.6 is 0 Å². The van der Waals surface area contributed by atoms with Gasteiger partial charge >= 0.3 is 0 Å². The van der Waals surface area contributed by atoms with Crippen molar-refractivity contribution in [2.45, 2.75) is 64.3 Å². The van der Waals surface area contributed by atoms with Crippen LogP contribution in [0.15, 0.2) is 12.4 Å². The highest BCUT2D eigenvalue weighted by Crippen LogP contribution is 2.25. The van der Waals surface area contributed by atoms with E-state index in [0.29, 0.717) is 0 Å². The normalized spacial score (nSPS) is 24.9. The molecule has 0 amide bonds. The maximum absolute atomic E-state index is 4.25. The first-order chi connectivity index (χ1) is 8.88. The van der Waals surface area contributed by atoms with Crippen molar-refractivity contribution in [2.24, 2.45) is 5.92 Å². The minimum absolute atomic E-state index is 0.762. The molecule has 3 heteroatoms. The van der Waals surface area contributed by atoms with Crippen molar-refractivity contribution in [1.29, 1.82) is 0 Å². The fourth-order valence-corrected chi connectivity index (χ4v) is 2.99. The maximum atomic E-state index is 4.25. The Hall–Kier alpha value is -0.830. The standard InChI is InChI=1S/C15H27N3/c1-2-13-5-3-6-14(9-8-13)16-10-4-7-15-17-11-12-18-15/h11-14,16H,2-10H2,1H3,(H,17,18). The molecule has 1 heterocycles. The highest BCUT2D eigenvalue weighted by atomic mass is 14.9. The van der Waals surface area contributed by atoms with Crippen molar-refractivity contribution >= 4 is 0 Å². The third-order valence-corrected chi connectivity index (χ3v) is 4.24. The van der Waals surface area contributed by atoms with Gasteiger partial charge in [0.1, 0.15) is 5.82 Å². The number of aromatic nitrogens is 2. The van der Waals surface area contributed by atoms with Crippen LogP contribution in [-0.4, -0.2) is 22.6 Å². The van der Waals surface area contributed by atoms with Crippen LogP contribution in [0.5, 0.6) is 0 Å². The van der Waals surface area contributed by atoms with Crippen molar-refractivity contribution in [3.05, 3.63) is 18.2 Å². The van der Waals surface area contributed by atoms with E-state index in [-0.39, 0.29) is 0 Å². The average Bonchev–Trinajstić information content (AvgIpc) is 2.80. The van der Waals surface area contributed by atoms with Crippen LogP contribution in [0.4, 0.5) is 0 Å². The molecule has 0 saturated heterocycles. The van der Waals surface area contributed by atoms with E-state index in [1.165, 1.54) is 44.9 Å². The summed E-state index contributed by atoms with van der Waals surface area (Å²) in [6.45, 7) is 3.46. The lowest BCUT2D eigenvalue weighted by atomic mass is 9.98. The highest BCUT2D eigenvalue weighted by molar-refractivity contribution is 4.87. The van der Waals surface area contributed by atoms with Crippen LogP contribution in [0.2, 0.25) is 0 Å². The maximum Gasteiger partial charge on any atom is 0.106 e. The molecule has 1 aromatic rings. The summed E-state index contributed by atoms with van der Waals surface area (Å²) < 4.78 is 0. The van der Waals surface area contributed by atoms with Crippen LogP contribution in [0.3, 0.4) is 0 Å². The fraction of sp³-hybridized carbons (Fsp3) is 0.800. The van der Waals surface area contributed by atoms with Gasteiger partial charge in [0.25, 0.3) is 0 Å². The smallest absolute Gasteiger partial charge is 0.106 e. The number of hydrogen-bond acceptors (Lipinski definition) is 2. The van der Waals surface area contributed by atoms with Crippen LogP contribution in [0.1, 0.15) is 57.7 Å². The summed E-state index contributed by atoms with van der Waals surface area (Å²) in [6, 6.07) is 0.762. The van der Waals surface area contributed by atoms with E-state index in [9.17, 15) is 0 Å². The molecule has 102 valence electrons. The van der Waals surface area contributed by atoms with Crippen molar-refractivity contribution < 1.29 is 0 Å². The monoisotopic (exact) mass is 249 g/mol. The fourth-order valence-electron chi connectivity index (χ4n) is 2.99. The predicted molar refractivity (Wildman–Crippen MR) is 75.6 cm³/mol. The summed E-state index contributed by atoms with van der Waals surface area (Å²) in [7, 11) is 0. The molecule has 2 unspecified atom stereocenters. The number of imidazole rings is 1. The molecule has 1 saturated carbocycles. The van der Waals surface area contributed by atoms with Gasteiger partial charge in [-0.15, -0.1) is 0 Å². The molecule has 1 aromatic heterocycles. The van der Waals surface area contributed by atoms with Crippen molar-refractivity contribution in [3.63, 3.8) is 0 Å². The zero-order valence-electron chi connectivity index (χ0n) is 11.6. The van der Waals surface area contributed by atoms with Crippen LogP contribution in [0.25, 0.3) is 0 Å². The molecular weight excluding hydrogens is 222 g/mol. The van der Waals surface area contributed by atoms with Crippen molar-refractivity contribution in [1.82, 2.24) is 15.3 Å². The van der Waals surface area contributed by atoms with Gasteiger partial charge in [0.05, 0.1) is 0 Å².